The largest absolute Gasteiger partial charge is 0.353 e. The summed E-state index contributed by atoms with van der Waals surface area (Å²) in [5.74, 6) is 0. The van der Waals surface area contributed by atoms with Crippen molar-refractivity contribution in [3.63, 3.8) is 0 Å². The van der Waals surface area contributed by atoms with E-state index in [1.165, 1.54) is 17.6 Å². The molecule has 0 saturated carbocycles. The summed E-state index contributed by atoms with van der Waals surface area (Å²) in [5.41, 5.74) is 2.65. The van der Waals surface area contributed by atoms with Gasteiger partial charge in [-0.2, -0.15) is 0 Å². The molecule has 3 heteroatoms. The molecule has 114 valence electrons. The summed E-state index contributed by atoms with van der Waals surface area (Å²) in [7, 11) is 0. The number of hydrogen-bond donors (Lipinski definition) is 0. The third-order valence-corrected chi connectivity index (χ3v) is 3.54. The predicted molar refractivity (Wildman–Crippen MR) is 81.6 cm³/mol. The van der Waals surface area contributed by atoms with E-state index in [0.717, 1.165) is 45.0 Å². The first kappa shape index (κ1) is 17.1. The highest BCUT2D eigenvalue weighted by atomic mass is 16.7. The van der Waals surface area contributed by atoms with Crippen molar-refractivity contribution in [1.29, 1.82) is 0 Å². The van der Waals surface area contributed by atoms with Crippen molar-refractivity contribution in [1.82, 2.24) is 0 Å². The van der Waals surface area contributed by atoms with E-state index in [9.17, 15) is 4.79 Å². The lowest BCUT2D eigenvalue weighted by Gasteiger charge is -2.22. The lowest BCUT2D eigenvalue weighted by molar-refractivity contribution is -0.155. The molecule has 1 saturated heterocycles. The molecule has 1 aliphatic rings. The van der Waals surface area contributed by atoms with Gasteiger partial charge in [-0.1, -0.05) is 23.3 Å². The molecular weight excluding hydrogens is 252 g/mol. The van der Waals surface area contributed by atoms with E-state index in [-0.39, 0.29) is 6.29 Å². The molecule has 0 aliphatic carbocycles. The van der Waals surface area contributed by atoms with Crippen LogP contribution in [0.5, 0.6) is 0 Å². The molecule has 1 atom stereocenters. The van der Waals surface area contributed by atoms with Crippen LogP contribution in [0.1, 0.15) is 58.8 Å². The molecule has 0 spiro atoms. The van der Waals surface area contributed by atoms with Crippen molar-refractivity contribution in [2.75, 3.05) is 13.2 Å². The van der Waals surface area contributed by atoms with E-state index >= 15 is 0 Å². The predicted octanol–water partition coefficient (Wildman–Crippen LogP) is 4.18. The minimum absolute atomic E-state index is 0.00159. The molecule has 0 N–H and O–H groups in total. The first-order valence-corrected chi connectivity index (χ1v) is 7.70. The highest BCUT2D eigenvalue weighted by molar-refractivity contribution is 5.49. The monoisotopic (exact) mass is 280 g/mol. The van der Waals surface area contributed by atoms with Gasteiger partial charge in [0, 0.05) is 13.0 Å². The molecule has 3 nitrogen and oxygen atoms in total. The van der Waals surface area contributed by atoms with Crippen LogP contribution >= 0.6 is 0 Å². The van der Waals surface area contributed by atoms with Crippen LogP contribution in [0.15, 0.2) is 23.3 Å². The average molecular weight is 280 g/mol. The quantitative estimate of drug-likeness (QED) is 0.469. The van der Waals surface area contributed by atoms with Crippen molar-refractivity contribution in [3.05, 3.63) is 23.3 Å². The lowest BCUT2D eigenvalue weighted by Crippen LogP contribution is -2.22. The summed E-state index contributed by atoms with van der Waals surface area (Å²) in [5, 5.41) is 0. The fourth-order valence-electron chi connectivity index (χ4n) is 2.18. The molecule has 1 rings (SSSR count). The van der Waals surface area contributed by atoms with Crippen molar-refractivity contribution >= 4 is 6.29 Å². The Balaban J connectivity index is 2.12. The van der Waals surface area contributed by atoms with Crippen LogP contribution in [-0.2, 0) is 14.3 Å². The van der Waals surface area contributed by atoms with Crippen molar-refractivity contribution in [3.8, 4) is 0 Å². The Morgan fingerprint density at radius 3 is 2.60 bits per heavy atom. The number of rotatable bonds is 9. The number of hydrogen-bond acceptors (Lipinski definition) is 3. The van der Waals surface area contributed by atoms with Gasteiger partial charge in [-0.05, 0) is 52.4 Å². The molecule has 1 aliphatic heterocycles. The van der Waals surface area contributed by atoms with E-state index in [4.69, 9.17) is 9.47 Å². The van der Waals surface area contributed by atoms with Crippen LogP contribution in [-0.4, -0.2) is 25.8 Å². The topological polar surface area (TPSA) is 35.5 Å². The molecule has 0 aromatic carbocycles. The standard InChI is InChI=1S/C17H28O3/c1-15(9-6-12-18)7-5-8-16(2)11-14-20-17-10-3-4-13-19-17/h7,11-12,17H,3-6,8-10,13-14H2,1-2H3/b15-7+,16-11+. The van der Waals surface area contributed by atoms with Crippen LogP contribution in [0.2, 0.25) is 0 Å². The van der Waals surface area contributed by atoms with Gasteiger partial charge in [0.15, 0.2) is 6.29 Å². The summed E-state index contributed by atoms with van der Waals surface area (Å²) >= 11 is 0. The van der Waals surface area contributed by atoms with Gasteiger partial charge in [0.25, 0.3) is 0 Å². The SMILES string of the molecule is C/C(=C\CC/C(C)=C/COC1CCCCO1)CCC=O. The van der Waals surface area contributed by atoms with Crippen molar-refractivity contribution in [2.45, 2.75) is 65.1 Å². The van der Waals surface area contributed by atoms with Gasteiger partial charge in [0.05, 0.1) is 6.61 Å². The van der Waals surface area contributed by atoms with Gasteiger partial charge in [0.2, 0.25) is 0 Å². The minimum Gasteiger partial charge on any atom is -0.353 e. The highest BCUT2D eigenvalue weighted by Crippen LogP contribution is 2.14. The Labute approximate surface area is 123 Å². The zero-order valence-corrected chi connectivity index (χ0v) is 12.9. The zero-order valence-electron chi connectivity index (χ0n) is 12.9. The maximum atomic E-state index is 10.3. The summed E-state index contributed by atoms with van der Waals surface area (Å²) in [6.45, 7) is 5.70. The summed E-state index contributed by atoms with van der Waals surface area (Å²) in [6.07, 6.45) is 12.3. The van der Waals surface area contributed by atoms with Gasteiger partial charge >= 0.3 is 0 Å². The van der Waals surface area contributed by atoms with Crippen LogP contribution in [0, 0.1) is 0 Å². The molecular formula is C17H28O3. The van der Waals surface area contributed by atoms with Crippen LogP contribution in [0.4, 0.5) is 0 Å². The average Bonchev–Trinajstić information content (AvgIpc) is 2.46. The van der Waals surface area contributed by atoms with Gasteiger partial charge in [-0.3, -0.25) is 0 Å². The Bertz CT molecular complexity index is 325. The lowest BCUT2D eigenvalue weighted by atomic mass is 10.1. The van der Waals surface area contributed by atoms with Crippen molar-refractivity contribution in [2.24, 2.45) is 0 Å². The van der Waals surface area contributed by atoms with Gasteiger partial charge in [-0.15, -0.1) is 0 Å². The number of carbonyl (C=O) groups excluding carboxylic acids is 1. The van der Waals surface area contributed by atoms with Gasteiger partial charge in [-0.25, -0.2) is 0 Å². The van der Waals surface area contributed by atoms with Gasteiger partial charge < -0.3 is 14.3 Å². The maximum Gasteiger partial charge on any atom is 0.157 e. The van der Waals surface area contributed by atoms with Gasteiger partial charge in [0.1, 0.15) is 6.29 Å². The molecule has 1 fully saturated rings. The second kappa shape index (κ2) is 10.8. The zero-order chi connectivity index (χ0) is 14.6. The molecule has 1 heterocycles. The fraction of sp³-hybridized carbons (Fsp3) is 0.706. The molecule has 20 heavy (non-hydrogen) atoms. The smallest absolute Gasteiger partial charge is 0.157 e. The normalized spacial score (nSPS) is 21.0. The Hall–Kier alpha value is -0.930. The Morgan fingerprint density at radius 1 is 1.15 bits per heavy atom. The first-order chi connectivity index (χ1) is 9.72. The molecule has 0 bridgehead atoms. The van der Waals surface area contributed by atoms with Crippen LogP contribution in [0.25, 0.3) is 0 Å². The number of allylic oxidation sites excluding steroid dienone is 3. The summed E-state index contributed by atoms with van der Waals surface area (Å²) in [6, 6.07) is 0. The highest BCUT2D eigenvalue weighted by Gasteiger charge is 2.12. The van der Waals surface area contributed by atoms with E-state index in [2.05, 4.69) is 26.0 Å². The fourth-order valence-corrected chi connectivity index (χ4v) is 2.18. The third kappa shape index (κ3) is 8.28. The van der Waals surface area contributed by atoms with E-state index in [1.54, 1.807) is 0 Å². The molecule has 0 aromatic heterocycles. The second-order valence-electron chi connectivity index (χ2n) is 5.47. The van der Waals surface area contributed by atoms with E-state index in [1.807, 2.05) is 0 Å². The Kier molecular flexibility index (Phi) is 9.25. The number of aldehydes is 1. The summed E-state index contributed by atoms with van der Waals surface area (Å²) < 4.78 is 11.2. The van der Waals surface area contributed by atoms with Crippen LogP contribution in [0.3, 0.4) is 0 Å². The summed E-state index contributed by atoms with van der Waals surface area (Å²) in [4.78, 5) is 10.3. The molecule has 1 unspecified atom stereocenters. The van der Waals surface area contributed by atoms with E-state index < -0.39 is 0 Å². The molecule has 0 radical (unpaired) electrons. The van der Waals surface area contributed by atoms with Crippen LogP contribution < -0.4 is 0 Å². The van der Waals surface area contributed by atoms with Crippen molar-refractivity contribution < 1.29 is 14.3 Å². The Morgan fingerprint density at radius 2 is 1.90 bits per heavy atom. The first-order valence-electron chi connectivity index (χ1n) is 7.70. The number of ether oxygens (including phenoxy) is 2. The molecule has 0 aromatic rings. The number of carbonyl (C=O) groups is 1. The maximum absolute atomic E-state index is 10.3. The molecule has 0 amide bonds. The van der Waals surface area contributed by atoms with E-state index in [0.29, 0.717) is 13.0 Å². The minimum atomic E-state index is -0.00159. The third-order valence-electron chi connectivity index (χ3n) is 3.54. The second-order valence-corrected chi connectivity index (χ2v) is 5.47.